The number of fused-ring (bicyclic) bond motifs is 4. The molecule has 2 bridgehead atoms. The summed E-state index contributed by atoms with van der Waals surface area (Å²) in [5, 5.41) is 32.4. The van der Waals surface area contributed by atoms with E-state index < -0.39 is 28.6 Å². The van der Waals surface area contributed by atoms with Crippen molar-refractivity contribution < 1.29 is 24.9 Å². The van der Waals surface area contributed by atoms with Gasteiger partial charge in [-0.25, -0.2) is 0 Å². The molecule has 0 radical (unpaired) electrons. The van der Waals surface area contributed by atoms with Gasteiger partial charge in [0.2, 0.25) is 0 Å². The number of esters is 1. The Kier molecular flexibility index (Phi) is 4.71. The Balaban J connectivity index is 1.52. The predicted octanol–water partition coefficient (Wildman–Crippen LogP) is 4.40. The molecular weight excluding hydrogens is 440 g/mol. The van der Waals surface area contributed by atoms with E-state index in [0.29, 0.717) is 6.42 Å². The van der Waals surface area contributed by atoms with Crippen LogP contribution in [0.25, 0.3) is 0 Å². The molecule has 1 spiro atoms. The van der Waals surface area contributed by atoms with Crippen LogP contribution in [0.2, 0.25) is 0 Å². The standard InChI is InChI=1S/C30H44O5/c1-17-7-11-29-14-13-28(6)27(5)10-8-20-25(3,15-19(32)23(33)26(20,4)16-31)21(27)9-12-30(28,35-24(29)34)22(29)18(17)2/h9,12,18-23,31-33H,1,7-8,10-11,13-16H2,2-6H3. The van der Waals surface area contributed by atoms with Crippen LogP contribution in [-0.4, -0.2) is 45.7 Å². The number of carbonyl (C=O) groups excluding carboxylic acids is 1. The van der Waals surface area contributed by atoms with Gasteiger partial charge in [0.1, 0.15) is 5.60 Å². The van der Waals surface area contributed by atoms with Crippen LogP contribution in [0.3, 0.4) is 0 Å². The Morgan fingerprint density at radius 3 is 2.51 bits per heavy atom. The van der Waals surface area contributed by atoms with Gasteiger partial charge in [-0.15, -0.1) is 0 Å². The average molecular weight is 485 g/mol. The normalized spacial score (nSPS) is 60.8. The highest BCUT2D eigenvalue weighted by Gasteiger charge is 2.80. The van der Waals surface area contributed by atoms with Crippen molar-refractivity contribution in [1.82, 2.24) is 0 Å². The minimum absolute atomic E-state index is 0.00115. The molecule has 194 valence electrons. The monoisotopic (exact) mass is 484 g/mol. The minimum Gasteiger partial charge on any atom is -0.453 e. The van der Waals surface area contributed by atoms with Crippen LogP contribution in [0.15, 0.2) is 24.3 Å². The summed E-state index contributed by atoms with van der Waals surface area (Å²) < 4.78 is 6.62. The molecule has 5 fully saturated rings. The molecule has 3 N–H and O–H groups in total. The van der Waals surface area contributed by atoms with Gasteiger partial charge < -0.3 is 20.1 Å². The Labute approximate surface area is 210 Å². The maximum absolute atomic E-state index is 13.6. The van der Waals surface area contributed by atoms with Crippen molar-refractivity contribution in [1.29, 1.82) is 0 Å². The Morgan fingerprint density at radius 1 is 1.11 bits per heavy atom. The number of aliphatic hydroxyl groups excluding tert-OH is 3. The third kappa shape index (κ3) is 2.37. The minimum atomic E-state index is -0.926. The summed E-state index contributed by atoms with van der Waals surface area (Å²) in [4.78, 5) is 13.6. The highest BCUT2D eigenvalue weighted by Crippen LogP contribution is 2.79. The molecule has 4 saturated carbocycles. The molecule has 1 saturated heterocycles. The van der Waals surface area contributed by atoms with Gasteiger partial charge in [-0.2, -0.15) is 0 Å². The largest absolute Gasteiger partial charge is 0.453 e. The third-order valence-corrected chi connectivity index (χ3v) is 13.5. The van der Waals surface area contributed by atoms with Gasteiger partial charge in [0.05, 0.1) is 24.2 Å². The predicted molar refractivity (Wildman–Crippen MR) is 133 cm³/mol. The van der Waals surface area contributed by atoms with Gasteiger partial charge in [-0.1, -0.05) is 52.8 Å². The van der Waals surface area contributed by atoms with Gasteiger partial charge in [0, 0.05) is 16.7 Å². The molecule has 0 aromatic heterocycles. The smallest absolute Gasteiger partial charge is 0.313 e. The Hall–Kier alpha value is -1.17. The van der Waals surface area contributed by atoms with E-state index in [1.54, 1.807) is 0 Å². The summed E-state index contributed by atoms with van der Waals surface area (Å²) in [5.74, 6) is 0.605. The molecule has 12 atom stereocenters. The maximum Gasteiger partial charge on any atom is 0.313 e. The van der Waals surface area contributed by atoms with Crippen LogP contribution in [0.5, 0.6) is 0 Å². The number of carbonyl (C=O) groups is 1. The fourth-order valence-corrected chi connectivity index (χ4v) is 11.3. The van der Waals surface area contributed by atoms with E-state index in [0.717, 1.165) is 38.5 Å². The van der Waals surface area contributed by atoms with E-state index in [9.17, 15) is 20.1 Å². The van der Waals surface area contributed by atoms with Crippen molar-refractivity contribution in [3.8, 4) is 0 Å². The van der Waals surface area contributed by atoms with E-state index in [4.69, 9.17) is 4.74 Å². The first-order valence-corrected chi connectivity index (χ1v) is 13.8. The number of ether oxygens (including phenoxy) is 1. The maximum atomic E-state index is 13.6. The van der Waals surface area contributed by atoms with Gasteiger partial charge in [0.15, 0.2) is 0 Å². The number of aliphatic hydroxyl groups is 3. The van der Waals surface area contributed by atoms with Crippen LogP contribution < -0.4 is 0 Å². The molecule has 5 heteroatoms. The average Bonchev–Trinajstić information content (AvgIpc) is 3.01. The van der Waals surface area contributed by atoms with Crippen LogP contribution in [0, 0.1) is 50.7 Å². The molecule has 1 heterocycles. The molecule has 0 aromatic rings. The van der Waals surface area contributed by atoms with E-state index in [1.807, 2.05) is 6.92 Å². The summed E-state index contributed by atoms with van der Waals surface area (Å²) in [6.07, 6.45) is 8.74. The second-order valence-corrected chi connectivity index (χ2v) is 14.3. The Morgan fingerprint density at radius 2 is 1.83 bits per heavy atom. The number of hydrogen-bond acceptors (Lipinski definition) is 5. The first kappa shape index (κ1) is 24.2. The quantitative estimate of drug-likeness (QED) is 0.379. The van der Waals surface area contributed by atoms with Crippen molar-refractivity contribution in [3.05, 3.63) is 24.3 Å². The Bertz CT molecular complexity index is 1020. The lowest BCUT2D eigenvalue weighted by Crippen LogP contribution is -2.72. The zero-order valence-electron chi connectivity index (χ0n) is 22.1. The van der Waals surface area contributed by atoms with Crippen molar-refractivity contribution in [3.63, 3.8) is 0 Å². The molecule has 6 rings (SSSR count). The highest BCUT2D eigenvalue weighted by atomic mass is 16.6. The number of hydrogen-bond donors (Lipinski definition) is 3. The SMILES string of the molecule is C=C1CCC23CCC4(C)C5(C)CCC6C(C)(CO)C(O)C(O)CC6(C)C5C=CC4(OC2=O)C3C1C. The lowest BCUT2D eigenvalue weighted by atomic mass is 9.32. The summed E-state index contributed by atoms with van der Waals surface area (Å²) in [6, 6.07) is 0. The van der Waals surface area contributed by atoms with Crippen LogP contribution in [0.1, 0.15) is 79.6 Å². The van der Waals surface area contributed by atoms with E-state index in [1.165, 1.54) is 5.57 Å². The second-order valence-electron chi connectivity index (χ2n) is 14.3. The number of allylic oxidation sites excluding steroid dienone is 2. The lowest BCUT2D eigenvalue weighted by molar-refractivity contribution is -0.262. The molecular formula is C30H44O5. The molecule has 5 aliphatic carbocycles. The van der Waals surface area contributed by atoms with Gasteiger partial charge in [0.25, 0.3) is 0 Å². The topological polar surface area (TPSA) is 87.0 Å². The molecule has 35 heavy (non-hydrogen) atoms. The van der Waals surface area contributed by atoms with E-state index in [2.05, 4.69) is 46.4 Å². The highest BCUT2D eigenvalue weighted by molar-refractivity contribution is 5.82. The molecule has 5 nitrogen and oxygen atoms in total. The van der Waals surface area contributed by atoms with Crippen molar-refractivity contribution in [2.45, 2.75) is 97.4 Å². The number of rotatable bonds is 1. The van der Waals surface area contributed by atoms with Crippen LogP contribution in [0.4, 0.5) is 0 Å². The van der Waals surface area contributed by atoms with Crippen LogP contribution >= 0.6 is 0 Å². The molecule has 12 unspecified atom stereocenters. The molecule has 6 aliphatic rings. The summed E-state index contributed by atoms with van der Waals surface area (Å²) in [7, 11) is 0. The second kappa shape index (κ2) is 6.82. The summed E-state index contributed by atoms with van der Waals surface area (Å²) >= 11 is 0. The fourth-order valence-electron chi connectivity index (χ4n) is 11.3. The van der Waals surface area contributed by atoms with E-state index in [-0.39, 0.29) is 52.5 Å². The lowest BCUT2D eigenvalue weighted by Gasteiger charge is -2.72. The zero-order chi connectivity index (χ0) is 25.4. The molecule has 0 amide bonds. The van der Waals surface area contributed by atoms with Crippen LogP contribution in [-0.2, 0) is 9.53 Å². The summed E-state index contributed by atoms with van der Waals surface area (Å²) in [5.41, 5.74) is -1.18. The third-order valence-electron chi connectivity index (χ3n) is 13.5. The zero-order valence-corrected chi connectivity index (χ0v) is 22.1. The van der Waals surface area contributed by atoms with Crippen molar-refractivity contribution >= 4 is 5.97 Å². The summed E-state index contributed by atoms with van der Waals surface area (Å²) in [6.45, 7) is 15.5. The fraction of sp³-hybridized carbons (Fsp3) is 0.833. The van der Waals surface area contributed by atoms with Gasteiger partial charge in [-0.3, -0.25) is 4.79 Å². The van der Waals surface area contributed by atoms with Gasteiger partial charge >= 0.3 is 5.97 Å². The van der Waals surface area contributed by atoms with Crippen molar-refractivity contribution in [2.75, 3.05) is 6.61 Å². The first-order chi connectivity index (χ1) is 16.3. The van der Waals surface area contributed by atoms with E-state index >= 15 is 0 Å². The van der Waals surface area contributed by atoms with Gasteiger partial charge in [-0.05, 0) is 79.6 Å². The molecule has 1 aliphatic heterocycles. The molecule has 0 aromatic carbocycles. The first-order valence-electron chi connectivity index (χ1n) is 13.8. The van der Waals surface area contributed by atoms with Crippen molar-refractivity contribution in [2.24, 2.45) is 50.7 Å².